The van der Waals surface area contributed by atoms with Crippen molar-refractivity contribution in [3.63, 3.8) is 0 Å². The number of Topliss-reactive ketones (excluding diaryl/α,β-unsaturated/α-hetero) is 1. The van der Waals surface area contributed by atoms with Gasteiger partial charge in [-0.25, -0.2) is 4.39 Å². The molecule has 4 aliphatic carbocycles. The molecule has 0 aliphatic heterocycles. The number of alkyl halides is 1. The molecule has 6 heteroatoms. The van der Waals surface area contributed by atoms with E-state index in [-0.39, 0.29) is 30.5 Å². The third-order valence-electron chi connectivity index (χ3n) is 8.73. The molecule has 28 heavy (non-hydrogen) atoms. The van der Waals surface area contributed by atoms with Crippen LogP contribution in [0.2, 0.25) is 0 Å². The topological polar surface area (TPSA) is 94.8 Å². The highest BCUT2D eigenvalue weighted by atomic mass is 19.1. The molecule has 4 aliphatic rings. The van der Waals surface area contributed by atoms with E-state index in [0.717, 1.165) is 0 Å². The number of aliphatic hydroxyl groups is 3. The largest absolute Gasteiger partial charge is 0.390 e. The molecular weight excluding hydrogens is 363 g/mol. The number of aliphatic hydroxyl groups excluding tert-OH is 2. The van der Waals surface area contributed by atoms with Gasteiger partial charge in [0, 0.05) is 16.7 Å². The molecule has 0 spiro atoms. The summed E-state index contributed by atoms with van der Waals surface area (Å²) in [6.07, 6.45) is 4.09. The molecule has 8 atom stereocenters. The zero-order valence-electron chi connectivity index (χ0n) is 16.6. The molecule has 0 amide bonds. The van der Waals surface area contributed by atoms with Crippen molar-refractivity contribution in [1.29, 1.82) is 0 Å². The van der Waals surface area contributed by atoms with Crippen LogP contribution in [0.15, 0.2) is 23.8 Å². The minimum atomic E-state index is -1.99. The fourth-order valence-corrected chi connectivity index (χ4v) is 7.19. The molecule has 0 heterocycles. The number of allylic oxidation sites excluding steroid dienone is 4. The number of ketones is 2. The quantitative estimate of drug-likeness (QED) is 0.667. The molecule has 3 N–H and O–H groups in total. The third kappa shape index (κ3) is 2.06. The molecule has 0 unspecified atom stereocenters. The first-order valence-corrected chi connectivity index (χ1v) is 10.1. The van der Waals surface area contributed by atoms with E-state index in [1.54, 1.807) is 19.9 Å². The van der Waals surface area contributed by atoms with E-state index in [9.17, 15) is 24.9 Å². The molecule has 0 saturated heterocycles. The minimum Gasteiger partial charge on any atom is -0.390 e. The fraction of sp³-hybridized carbons (Fsp3) is 0.727. The van der Waals surface area contributed by atoms with Gasteiger partial charge in [0.05, 0.1) is 6.10 Å². The SMILES string of the molecule is C[C@H]1C[C@H]2[C@@H]3CC[C@@](O)(C(=O)CO)[C@@]3(C)C[C@H](O)[C@]2(F)[C@@]2(C)C=CC(=O)C=C12. The summed E-state index contributed by atoms with van der Waals surface area (Å²) >= 11 is 0. The Morgan fingerprint density at radius 3 is 2.64 bits per heavy atom. The Hall–Kier alpha value is -1.37. The summed E-state index contributed by atoms with van der Waals surface area (Å²) < 4.78 is 16.9. The van der Waals surface area contributed by atoms with Crippen LogP contribution < -0.4 is 0 Å². The van der Waals surface area contributed by atoms with Crippen LogP contribution in [0.4, 0.5) is 4.39 Å². The molecule has 3 fully saturated rings. The molecule has 0 aromatic heterocycles. The first-order chi connectivity index (χ1) is 13.0. The normalized spacial score (nSPS) is 52.5. The van der Waals surface area contributed by atoms with Crippen molar-refractivity contribution in [2.75, 3.05) is 6.61 Å². The van der Waals surface area contributed by atoms with E-state index in [2.05, 4.69) is 0 Å². The van der Waals surface area contributed by atoms with Crippen LogP contribution >= 0.6 is 0 Å². The van der Waals surface area contributed by atoms with Crippen molar-refractivity contribution in [2.24, 2.45) is 28.6 Å². The van der Waals surface area contributed by atoms with Gasteiger partial charge >= 0.3 is 0 Å². The van der Waals surface area contributed by atoms with E-state index in [4.69, 9.17) is 0 Å². The van der Waals surface area contributed by atoms with Crippen LogP contribution in [0, 0.1) is 28.6 Å². The molecule has 0 bridgehead atoms. The Balaban J connectivity index is 1.84. The number of hydrogen-bond acceptors (Lipinski definition) is 5. The molecule has 154 valence electrons. The van der Waals surface area contributed by atoms with Gasteiger partial charge in [-0.1, -0.05) is 25.5 Å². The highest BCUT2D eigenvalue weighted by Gasteiger charge is 2.74. The lowest BCUT2D eigenvalue weighted by molar-refractivity contribution is -0.221. The lowest BCUT2D eigenvalue weighted by Crippen LogP contribution is -2.69. The first-order valence-electron chi connectivity index (χ1n) is 10.1. The molecule has 5 nitrogen and oxygen atoms in total. The number of carbonyl (C=O) groups excluding carboxylic acids is 2. The molecule has 3 saturated carbocycles. The Morgan fingerprint density at radius 1 is 1.32 bits per heavy atom. The van der Waals surface area contributed by atoms with Crippen molar-refractivity contribution in [3.8, 4) is 0 Å². The van der Waals surface area contributed by atoms with E-state index >= 15 is 4.39 Å². The van der Waals surface area contributed by atoms with E-state index in [0.29, 0.717) is 18.4 Å². The third-order valence-corrected chi connectivity index (χ3v) is 8.73. The summed E-state index contributed by atoms with van der Waals surface area (Å²) in [5.74, 6) is -1.73. The van der Waals surface area contributed by atoms with Crippen LogP contribution in [0.25, 0.3) is 0 Å². The van der Waals surface area contributed by atoms with Crippen molar-refractivity contribution in [2.45, 2.75) is 63.8 Å². The molecule has 0 radical (unpaired) electrons. The van der Waals surface area contributed by atoms with Crippen molar-refractivity contribution >= 4 is 11.6 Å². The lowest BCUT2D eigenvalue weighted by Gasteiger charge is -2.63. The second-order valence-corrected chi connectivity index (χ2v) is 9.77. The van der Waals surface area contributed by atoms with Gasteiger partial charge in [-0.05, 0) is 56.6 Å². The van der Waals surface area contributed by atoms with Crippen LogP contribution in [0.1, 0.15) is 46.5 Å². The lowest BCUT2D eigenvalue weighted by atomic mass is 9.43. The summed E-state index contributed by atoms with van der Waals surface area (Å²) in [6.45, 7) is 4.69. The Bertz CT molecular complexity index is 805. The predicted molar refractivity (Wildman–Crippen MR) is 99.9 cm³/mol. The summed E-state index contributed by atoms with van der Waals surface area (Å²) in [5.41, 5.74) is -5.14. The zero-order chi connectivity index (χ0) is 20.7. The number of fused-ring (bicyclic) bond motifs is 5. The van der Waals surface area contributed by atoms with Crippen molar-refractivity contribution < 1.29 is 29.3 Å². The fourth-order valence-electron chi connectivity index (χ4n) is 7.19. The zero-order valence-corrected chi connectivity index (χ0v) is 16.6. The van der Waals surface area contributed by atoms with Crippen LogP contribution in [-0.2, 0) is 9.59 Å². The van der Waals surface area contributed by atoms with E-state index < -0.39 is 46.5 Å². The number of carbonyl (C=O) groups is 2. The molecule has 0 aromatic carbocycles. The van der Waals surface area contributed by atoms with Crippen LogP contribution in [-0.4, -0.2) is 50.9 Å². The second-order valence-electron chi connectivity index (χ2n) is 9.77. The number of hydrogen-bond donors (Lipinski definition) is 3. The second kappa shape index (κ2) is 5.83. The maximum atomic E-state index is 16.9. The minimum absolute atomic E-state index is 0.0513. The summed E-state index contributed by atoms with van der Waals surface area (Å²) in [4.78, 5) is 24.3. The average Bonchev–Trinajstić information content (AvgIpc) is 2.91. The van der Waals surface area contributed by atoms with Gasteiger partial charge in [-0.2, -0.15) is 0 Å². The molecular formula is C22H29FO5. The highest BCUT2D eigenvalue weighted by Crippen LogP contribution is 2.70. The summed E-state index contributed by atoms with van der Waals surface area (Å²) in [5, 5.41) is 31.7. The summed E-state index contributed by atoms with van der Waals surface area (Å²) in [6, 6.07) is 0. The Labute approximate surface area is 164 Å². The molecule has 0 aromatic rings. The summed E-state index contributed by atoms with van der Waals surface area (Å²) in [7, 11) is 0. The van der Waals surface area contributed by atoms with Gasteiger partial charge in [-0.15, -0.1) is 0 Å². The Morgan fingerprint density at radius 2 is 2.00 bits per heavy atom. The van der Waals surface area contributed by atoms with E-state index in [1.807, 2.05) is 6.92 Å². The standard InChI is InChI=1S/C22H29FO5/c1-12-8-16-14-5-7-21(28,18(27)11-24)20(14,3)10-17(26)22(16,23)19(2)6-4-13(25)9-15(12)19/h4,6,9,12,14,16-17,24,26,28H,5,7-8,10-11H2,1-3H3/t12-,14-,16-,17-,19-,20-,21+,22-/m0/s1. The van der Waals surface area contributed by atoms with Gasteiger partial charge in [0.1, 0.15) is 12.2 Å². The van der Waals surface area contributed by atoms with Crippen molar-refractivity contribution in [1.82, 2.24) is 0 Å². The van der Waals surface area contributed by atoms with Gasteiger partial charge in [-0.3, -0.25) is 9.59 Å². The Kier molecular flexibility index (Phi) is 4.15. The maximum absolute atomic E-state index is 16.9. The highest BCUT2D eigenvalue weighted by molar-refractivity contribution is 6.01. The van der Waals surface area contributed by atoms with Crippen LogP contribution in [0.5, 0.6) is 0 Å². The first kappa shape index (κ1) is 19.9. The van der Waals surface area contributed by atoms with Gasteiger partial charge < -0.3 is 15.3 Å². The number of halogens is 1. The number of rotatable bonds is 2. The van der Waals surface area contributed by atoms with Gasteiger partial charge in [0.25, 0.3) is 0 Å². The maximum Gasteiger partial charge on any atom is 0.190 e. The predicted octanol–water partition coefficient (Wildman–Crippen LogP) is 1.90. The molecule has 4 rings (SSSR count). The monoisotopic (exact) mass is 392 g/mol. The average molecular weight is 392 g/mol. The van der Waals surface area contributed by atoms with Crippen LogP contribution in [0.3, 0.4) is 0 Å². The van der Waals surface area contributed by atoms with E-state index in [1.165, 1.54) is 12.2 Å². The van der Waals surface area contributed by atoms with Crippen molar-refractivity contribution in [3.05, 3.63) is 23.8 Å². The van der Waals surface area contributed by atoms with Gasteiger partial charge in [0.2, 0.25) is 0 Å². The van der Waals surface area contributed by atoms with Gasteiger partial charge in [0.15, 0.2) is 17.2 Å². The smallest absolute Gasteiger partial charge is 0.190 e.